The molecule has 0 amide bonds. The number of benzene rings is 2. The van der Waals surface area contributed by atoms with E-state index < -0.39 is 0 Å². The van der Waals surface area contributed by atoms with Gasteiger partial charge in [0, 0.05) is 5.02 Å². The molecule has 0 fully saturated rings. The highest BCUT2D eigenvalue weighted by atomic mass is 35.5. The van der Waals surface area contributed by atoms with Crippen molar-refractivity contribution in [3.8, 4) is 11.1 Å². The molecule has 106 valence electrons. The number of aryl methyl sites for hydroxylation is 1. The molecule has 0 spiro atoms. The molecule has 0 saturated carbocycles. The summed E-state index contributed by atoms with van der Waals surface area (Å²) in [4.78, 5) is 0. The van der Waals surface area contributed by atoms with Crippen LogP contribution in [0.15, 0.2) is 36.4 Å². The lowest BCUT2D eigenvalue weighted by Crippen LogP contribution is -1.99. The number of halogens is 2. The first-order valence-corrected chi connectivity index (χ1v) is 7.50. The number of rotatable bonds is 4. The first-order valence-electron chi connectivity index (χ1n) is 7.12. The minimum Gasteiger partial charge on any atom is -0.207 e. The fourth-order valence-electron chi connectivity index (χ4n) is 2.68. The Hall–Kier alpha value is -1.34. The van der Waals surface area contributed by atoms with Crippen LogP contribution in [0.5, 0.6) is 0 Å². The van der Waals surface area contributed by atoms with Gasteiger partial charge in [-0.05, 0) is 72.2 Å². The zero-order valence-corrected chi connectivity index (χ0v) is 13.0. The largest absolute Gasteiger partial charge is 0.207 e. The van der Waals surface area contributed by atoms with Crippen molar-refractivity contribution in [3.63, 3.8) is 0 Å². The fourth-order valence-corrected chi connectivity index (χ4v) is 2.85. The average molecular weight is 291 g/mol. The molecule has 2 aromatic rings. The zero-order chi connectivity index (χ0) is 14.7. The molecule has 0 atom stereocenters. The van der Waals surface area contributed by atoms with Crippen LogP contribution >= 0.6 is 11.6 Å². The average Bonchev–Trinajstić information content (AvgIpc) is 2.44. The zero-order valence-electron chi connectivity index (χ0n) is 12.2. The van der Waals surface area contributed by atoms with E-state index in [-0.39, 0.29) is 5.82 Å². The van der Waals surface area contributed by atoms with Crippen LogP contribution in [0.2, 0.25) is 5.02 Å². The monoisotopic (exact) mass is 290 g/mol. The van der Waals surface area contributed by atoms with Crippen molar-refractivity contribution in [2.24, 2.45) is 0 Å². The van der Waals surface area contributed by atoms with Gasteiger partial charge in [-0.15, -0.1) is 0 Å². The summed E-state index contributed by atoms with van der Waals surface area (Å²) >= 11 is 6.15. The van der Waals surface area contributed by atoms with E-state index in [1.165, 1.54) is 11.6 Å². The molecule has 0 unspecified atom stereocenters. The van der Waals surface area contributed by atoms with Crippen LogP contribution < -0.4 is 0 Å². The van der Waals surface area contributed by atoms with Crippen LogP contribution in [0.3, 0.4) is 0 Å². The summed E-state index contributed by atoms with van der Waals surface area (Å²) in [7, 11) is 0. The topological polar surface area (TPSA) is 0 Å². The quantitative estimate of drug-likeness (QED) is 0.615. The molecular weight excluding hydrogens is 271 g/mol. The lowest BCUT2D eigenvalue weighted by Gasteiger charge is -2.18. The van der Waals surface area contributed by atoms with Crippen LogP contribution in [0.4, 0.5) is 4.39 Å². The molecule has 2 aromatic carbocycles. The molecule has 0 aliphatic heterocycles. The van der Waals surface area contributed by atoms with Gasteiger partial charge in [-0.2, -0.15) is 0 Å². The predicted octanol–water partition coefficient (Wildman–Crippen LogP) is 6.36. The Balaban J connectivity index is 2.59. The summed E-state index contributed by atoms with van der Waals surface area (Å²) in [5.41, 5.74) is 4.12. The summed E-state index contributed by atoms with van der Waals surface area (Å²) in [6.45, 7) is 6.19. The Bertz CT molecular complexity index is 600. The highest BCUT2D eigenvalue weighted by molar-refractivity contribution is 6.30. The maximum Gasteiger partial charge on any atom is 0.126 e. The van der Waals surface area contributed by atoms with E-state index in [9.17, 15) is 4.39 Å². The van der Waals surface area contributed by atoms with Crippen molar-refractivity contribution in [2.45, 2.75) is 39.5 Å². The Morgan fingerprint density at radius 1 is 1.05 bits per heavy atom. The Labute approximate surface area is 125 Å². The van der Waals surface area contributed by atoms with Crippen molar-refractivity contribution in [2.75, 3.05) is 0 Å². The second-order valence-corrected chi connectivity index (χ2v) is 5.65. The summed E-state index contributed by atoms with van der Waals surface area (Å²) in [5, 5.41) is 0.719. The van der Waals surface area contributed by atoms with Gasteiger partial charge in [-0.25, -0.2) is 4.39 Å². The summed E-state index contributed by atoms with van der Waals surface area (Å²) in [6, 6.07) is 11.3. The summed E-state index contributed by atoms with van der Waals surface area (Å²) in [6.07, 6.45) is 2.18. The molecule has 0 N–H and O–H groups in total. The fraction of sp³-hybridized carbons (Fsp3) is 0.333. The van der Waals surface area contributed by atoms with Gasteiger partial charge >= 0.3 is 0 Å². The second kappa shape index (κ2) is 6.41. The van der Waals surface area contributed by atoms with Crippen LogP contribution in [-0.2, 0) is 0 Å². The second-order valence-electron chi connectivity index (χ2n) is 5.21. The smallest absolute Gasteiger partial charge is 0.126 e. The number of hydrogen-bond acceptors (Lipinski definition) is 0. The molecule has 0 bridgehead atoms. The molecule has 0 saturated heterocycles. The molecule has 0 aromatic heterocycles. The van der Waals surface area contributed by atoms with Crippen LogP contribution in [0.25, 0.3) is 11.1 Å². The normalized spacial score (nSPS) is 11.1. The molecule has 2 heteroatoms. The Morgan fingerprint density at radius 3 is 2.35 bits per heavy atom. The minimum atomic E-state index is -0.167. The third-order valence-corrected chi connectivity index (χ3v) is 4.14. The van der Waals surface area contributed by atoms with Crippen LogP contribution in [-0.4, -0.2) is 0 Å². The first-order chi connectivity index (χ1) is 9.56. The molecule has 0 aliphatic carbocycles. The predicted molar refractivity (Wildman–Crippen MR) is 84.9 cm³/mol. The summed E-state index contributed by atoms with van der Waals surface area (Å²) in [5.74, 6) is 0.340. The van der Waals surface area contributed by atoms with Gasteiger partial charge in [0.15, 0.2) is 0 Å². The van der Waals surface area contributed by atoms with Crippen LogP contribution in [0.1, 0.15) is 43.7 Å². The van der Waals surface area contributed by atoms with Crippen molar-refractivity contribution >= 4 is 11.6 Å². The van der Waals surface area contributed by atoms with Gasteiger partial charge in [0.2, 0.25) is 0 Å². The van der Waals surface area contributed by atoms with Gasteiger partial charge < -0.3 is 0 Å². The third-order valence-electron chi connectivity index (χ3n) is 3.91. The van der Waals surface area contributed by atoms with Crippen molar-refractivity contribution in [1.82, 2.24) is 0 Å². The van der Waals surface area contributed by atoms with Gasteiger partial charge in [0.1, 0.15) is 5.82 Å². The van der Waals surface area contributed by atoms with E-state index in [2.05, 4.69) is 19.9 Å². The van der Waals surface area contributed by atoms with Gasteiger partial charge in [-0.1, -0.05) is 37.6 Å². The molecular formula is C18H20ClF. The van der Waals surface area contributed by atoms with Gasteiger partial charge in [0.25, 0.3) is 0 Å². The maximum absolute atomic E-state index is 13.5. The lowest BCUT2D eigenvalue weighted by atomic mass is 9.87. The molecule has 0 radical (unpaired) electrons. The molecule has 2 rings (SSSR count). The van der Waals surface area contributed by atoms with E-state index in [1.807, 2.05) is 24.3 Å². The highest BCUT2D eigenvalue weighted by Crippen LogP contribution is 2.35. The molecule has 0 heterocycles. The van der Waals surface area contributed by atoms with Gasteiger partial charge in [0.05, 0.1) is 0 Å². The highest BCUT2D eigenvalue weighted by Gasteiger charge is 2.14. The number of hydrogen-bond donors (Lipinski definition) is 0. The maximum atomic E-state index is 13.5. The Morgan fingerprint density at radius 2 is 1.75 bits per heavy atom. The van der Waals surface area contributed by atoms with Crippen LogP contribution in [0, 0.1) is 12.7 Å². The van der Waals surface area contributed by atoms with E-state index >= 15 is 0 Å². The van der Waals surface area contributed by atoms with E-state index in [0.717, 1.165) is 29.0 Å². The minimum absolute atomic E-state index is 0.167. The third kappa shape index (κ3) is 3.04. The molecule has 0 aliphatic rings. The van der Waals surface area contributed by atoms with Crippen molar-refractivity contribution in [1.29, 1.82) is 0 Å². The first kappa shape index (κ1) is 15.1. The van der Waals surface area contributed by atoms with Crippen molar-refractivity contribution < 1.29 is 4.39 Å². The Kier molecular flexibility index (Phi) is 4.82. The standard InChI is InChI=1S/C18H20ClF/c1-4-13(5-2)16-8-7-15(19)11-17(16)14-6-9-18(20)12(3)10-14/h6-11,13H,4-5H2,1-3H3. The van der Waals surface area contributed by atoms with Gasteiger partial charge in [-0.3, -0.25) is 0 Å². The molecule has 20 heavy (non-hydrogen) atoms. The van der Waals surface area contributed by atoms with E-state index in [0.29, 0.717) is 11.5 Å². The lowest BCUT2D eigenvalue weighted by molar-refractivity contribution is 0.618. The van der Waals surface area contributed by atoms with Crippen molar-refractivity contribution in [3.05, 3.63) is 58.4 Å². The van der Waals surface area contributed by atoms with E-state index in [4.69, 9.17) is 11.6 Å². The summed E-state index contributed by atoms with van der Waals surface area (Å²) < 4.78 is 13.5. The molecule has 0 nitrogen and oxygen atoms in total. The SMILES string of the molecule is CCC(CC)c1ccc(Cl)cc1-c1ccc(F)c(C)c1. The van der Waals surface area contributed by atoms with E-state index in [1.54, 1.807) is 6.92 Å².